The minimum absolute atomic E-state index is 0.511. The van der Waals surface area contributed by atoms with Crippen molar-refractivity contribution in [2.45, 2.75) is 62.4 Å². The average molecular weight is 225 g/mol. The monoisotopic (exact) mass is 225 g/mol. The van der Waals surface area contributed by atoms with E-state index in [1.807, 2.05) is 0 Å². The number of carbonyl (C=O) groups excluding carboxylic acids is 1. The number of carbonyl (C=O) groups is 1. The zero-order chi connectivity index (χ0) is 10.4. The third-order valence-electron chi connectivity index (χ3n) is 4.32. The second-order valence-electron chi connectivity index (χ2n) is 5.21. The van der Waals surface area contributed by atoms with Crippen molar-refractivity contribution in [2.75, 3.05) is 5.75 Å². The van der Waals surface area contributed by atoms with Crippen molar-refractivity contribution >= 4 is 17.5 Å². The molecule has 0 saturated carbocycles. The van der Waals surface area contributed by atoms with Gasteiger partial charge in [0, 0.05) is 36.2 Å². The fourth-order valence-electron chi connectivity index (χ4n) is 3.66. The Hall–Kier alpha value is -0.0200. The van der Waals surface area contributed by atoms with Gasteiger partial charge in [0.2, 0.25) is 0 Å². The Morgan fingerprint density at radius 1 is 1.20 bits per heavy atom. The summed E-state index contributed by atoms with van der Waals surface area (Å²) in [5.74, 6) is 1.83. The number of ketones is 1. The molecule has 4 atom stereocenters. The third-order valence-corrected chi connectivity index (χ3v) is 5.63. The highest BCUT2D eigenvalue weighted by atomic mass is 32.2. The van der Waals surface area contributed by atoms with Gasteiger partial charge < -0.3 is 0 Å². The molecule has 0 spiro atoms. The summed E-state index contributed by atoms with van der Waals surface area (Å²) < 4.78 is 0. The summed E-state index contributed by atoms with van der Waals surface area (Å²) in [6, 6.07) is 1.96. The van der Waals surface area contributed by atoms with Crippen molar-refractivity contribution in [1.82, 2.24) is 4.90 Å². The van der Waals surface area contributed by atoms with Crippen molar-refractivity contribution < 1.29 is 4.79 Å². The second-order valence-corrected chi connectivity index (χ2v) is 6.70. The molecule has 3 heteroatoms. The van der Waals surface area contributed by atoms with Crippen LogP contribution in [-0.2, 0) is 4.79 Å². The molecule has 0 aliphatic carbocycles. The van der Waals surface area contributed by atoms with Gasteiger partial charge in [0.1, 0.15) is 5.78 Å². The molecular formula is C12H19NOS. The lowest BCUT2D eigenvalue weighted by Crippen LogP contribution is -2.50. The summed E-state index contributed by atoms with van der Waals surface area (Å²) in [7, 11) is 0. The summed E-state index contributed by atoms with van der Waals surface area (Å²) in [6.07, 6.45) is 5.55. The van der Waals surface area contributed by atoms with E-state index < -0.39 is 0 Å². The van der Waals surface area contributed by atoms with E-state index in [9.17, 15) is 4.79 Å². The van der Waals surface area contributed by atoms with E-state index in [4.69, 9.17) is 0 Å². The summed E-state index contributed by atoms with van der Waals surface area (Å²) >= 11 is 2.11. The van der Waals surface area contributed by atoms with Gasteiger partial charge in [-0.15, -0.1) is 0 Å². The standard InChI is InChI=1S/C12H19NOS/c1-8-12(4-5-15-8)13-9-2-3-10(13)7-11(14)6-9/h8-10,12H,2-7H2,1H3. The van der Waals surface area contributed by atoms with E-state index in [-0.39, 0.29) is 0 Å². The van der Waals surface area contributed by atoms with Crippen LogP contribution in [0.15, 0.2) is 0 Å². The van der Waals surface area contributed by atoms with E-state index in [2.05, 4.69) is 23.6 Å². The van der Waals surface area contributed by atoms with Gasteiger partial charge in [0.25, 0.3) is 0 Å². The highest BCUT2D eigenvalue weighted by Gasteiger charge is 2.45. The predicted molar refractivity (Wildman–Crippen MR) is 63.2 cm³/mol. The molecule has 3 aliphatic heterocycles. The maximum atomic E-state index is 11.5. The quantitative estimate of drug-likeness (QED) is 0.681. The molecule has 0 radical (unpaired) electrons. The minimum Gasteiger partial charge on any atom is -0.300 e. The molecule has 3 aliphatic rings. The molecule has 0 N–H and O–H groups in total. The van der Waals surface area contributed by atoms with Crippen molar-refractivity contribution in [2.24, 2.45) is 0 Å². The lowest BCUT2D eigenvalue weighted by atomic mass is 9.97. The Bertz CT molecular complexity index is 265. The van der Waals surface area contributed by atoms with Crippen LogP contribution >= 0.6 is 11.8 Å². The van der Waals surface area contributed by atoms with Gasteiger partial charge in [-0.3, -0.25) is 9.69 Å². The predicted octanol–water partition coefficient (Wildman–Crippen LogP) is 2.08. The molecule has 15 heavy (non-hydrogen) atoms. The van der Waals surface area contributed by atoms with E-state index in [0.29, 0.717) is 17.9 Å². The van der Waals surface area contributed by atoms with Crippen molar-refractivity contribution in [3.8, 4) is 0 Å². The summed E-state index contributed by atoms with van der Waals surface area (Å²) in [6.45, 7) is 2.36. The van der Waals surface area contributed by atoms with Gasteiger partial charge in [-0.1, -0.05) is 6.92 Å². The number of rotatable bonds is 1. The number of piperidine rings is 1. The van der Waals surface area contributed by atoms with Crippen LogP contribution in [0.4, 0.5) is 0 Å². The normalized spacial score (nSPS) is 46.3. The number of hydrogen-bond donors (Lipinski definition) is 0. The summed E-state index contributed by atoms with van der Waals surface area (Å²) in [5, 5.41) is 0.779. The van der Waals surface area contributed by atoms with E-state index in [1.165, 1.54) is 25.0 Å². The molecular weight excluding hydrogens is 206 g/mol. The van der Waals surface area contributed by atoms with Gasteiger partial charge in [-0.05, 0) is 25.0 Å². The third kappa shape index (κ3) is 1.64. The smallest absolute Gasteiger partial charge is 0.136 e. The first kappa shape index (κ1) is 10.2. The highest BCUT2D eigenvalue weighted by Crippen LogP contribution is 2.41. The summed E-state index contributed by atoms with van der Waals surface area (Å²) in [5.41, 5.74) is 0. The van der Waals surface area contributed by atoms with Gasteiger partial charge in [-0.2, -0.15) is 11.8 Å². The van der Waals surface area contributed by atoms with Gasteiger partial charge in [0.05, 0.1) is 0 Å². The topological polar surface area (TPSA) is 20.3 Å². The molecule has 0 aromatic rings. The first-order valence-electron chi connectivity index (χ1n) is 6.16. The molecule has 84 valence electrons. The van der Waals surface area contributed by atoms with E-state index in [0.717, 1.165) is 24.1 Å². The number of Topliss-reactive ketones (excluding diaryl/α,β-unsaturated/α-hetero) is 1. The molecule has 3 fully saturated rings. The Morgan fingerprint density at radius 3 is 2.40 bits per heavy atom. The van der Waals surface area contributed by atoms with Crippen LogP contribution in [0.5, 0.6) is 0 Å². The van der Waals surface area contributed by atoms with Crippen LogP contribution in [0, 0.1) is 0 Å². The van der Waals surface area contributed by atoms with E-state index >= 15 is 0 Å². The first-order valence-corrected chi connectivity index (χ1v) is 7.21. The molecule has 0 aromatic heterocycles. The Morgan fingerprint density at radius 2 is 1.87 bits per heavy atom. The zero-order valence-corrected chi connectivity index (χ0v) is 10.1. The Labute approximate surface area is 95.8 Å². The maximum Gasteiger partial charge on any atom is 0.136 e. The summed E-state index contributed by atoms with van der Waals surface area (Å²) in [4.78, 5) is 14.2. The molecule has 2 nitrogen and oxygen atoms in total. The minimum atomic E-state index is 0.511. The molecule has 4 unspecified atom stereocenters. The molecule has 0 amide bonds. The van der Waals surface area contributed by atoms with Crippen LogP contribution in [0.25, 0.3) is 0 Å². The van der Waals surface area contributed by atoms with Gasteiger partial charge in [0.15, 0.2) is 0 Å². The fourth-order valence-corrected chi connectivity index (χ4v) is 4.91. The Balaban J connectivity index is 1.79. The maximum absolute atomic E-state index is 11.5. The molecule has 3 rings (SSSR count). The SMILES string of the molecule is CC1SCCC1N1C2CCC1CC(=O)C2. The van der Waals surface area contributed by atoms with Crippen molar-refractivity contribution in [1.29, 1.82) is 0 Å². The lowest BCUT2D eigenvalue weighted by Gasteiger charge is -2.40. The molecule has 2 bridgehead atoms. The molecule has 0 aromatic carbocycles. The van der Waals surface area contributed by atoms with E-state index in [1.54, 1.807) is 0 Å². The molecule has 3 heterocycles. The van der Waals surface area contributed by atoms with Crippen LogP contribution in [0.1, 0.15) is 39.0 Å². The Kier molecular flexibility index (Phi) is 2.56. The number of fused-ring (bicyclic) bond motifs is 2. The van der Waals surface area contributed by atoms with Crippen molar-refractivity contribution in [3.05, 3.63) is 0 Å². The van der Waals surface area contributed by atoms with Gasteiger partial charge >= 0.3 is 0 Å². The van der Waals surface area contributed by atoms with Crippen LogP contribution in [0.2, 0.25) is 0 Å². The largest absolute Gasteiger partial charge is 0.300 e. The molecule has 3 saturated heterocycles. The fraction of sp³-hybridized carbons (Fsp3) is 0.917. The zero-order valence-electron chi connectivity index (χ0n) is 9.32. The van der Waals surface area contributed by atoms with Gasteiger partial charge in [-0.25, -0.2) is 0 Å². The van der Waals surface area contributed by atoms with Crippen LogP contribution in [0.3, 0.4) is 0 Å². The highest BCUT2D eigenvalue weighted by molar-refractivity contribution is 8.00. The number of nitrogens with zero attached hydrogens (tertiary/aromatic N) is 1. The second kappa shape index (κ2) is 3.77. The van der Waals surface area contributed by atoms with Crippen LogP contribution < -0.4 is 0 Å². The average Bonchev–Trinajstić information content (AvgIpc) is 2.69. The first-order chi connectivity index (χ1) is 7.25. The van der Waals surface area contributed by atoms with Crippen molar-refractivity contribution in [3.63, 3.8) is 0 Å². The lowest BCUT2D eigenvalue weighted by molar-refractivity contribution is -0.124. The number of thioether (sulfide) groups is 1. The van der Waals surface area contributed by atoms with Crippen LogP contribution in [-0.4, -0.2) is 39.8 Å². The number of hydrogen-bond acceptors (Lipinski definition) is 3.